The molecule has 1 N–H and O–H groups in total. The molecule has 0 radical (unpaired) electrons. The number of rotatable bonds is 5. The molecule has 3 nitrogen and oxygen atoms in total. The molecule has 18 heavy (non-hydrogen) atoms. The first-order valence-corrected chi connectivity index (χ1v) is 6.08. The van der Waals surface area contributed by atoms with E-state index < -0.39 is 6.10 Å². The van der Waals surface area contributed by atoms with Crippen molar-refractivity contribution in [2.24, 2.45) is 0 Å². The number of pyridine rings is 1. The molecule has 1 aromatic heterocycles. The van der Waals surface area contributed by atoms with Gasteiger partial charge in [-0.1, -0.05) is 17.7 Å². The number of ether oxygens (including phenoxy) is 1. The predicted octanol–water partition coefficient (Wildman–Crippen LogP) is 2.72. The Balaban J connectivity index is 1.81. The highest BCUT2D eigenvalue weighted by molar-refractivity contribution is 6.30. The zero-order chi connectivity index (χ0) is 12.8. The second kappa shape index (κ2) is 6.38. The SMILES string of the molecule is OC(COc1ccc(Cl)cc1)Cc1ccccn1. The normalized spacial score (nSPS) is 12.1. The minimum atomic E-state index is -0.574. The molecule has 0 spiro atoms. The molecule has 0 amide bonds. The maximum atomic E-state index is 9.83. The fourth-order valence-electron chi connectivity index (χ4n) is 1.54. The number of benzene rings is 1. The Hall–Kier alpha value is -1.58. The molecule has 94 valence electrons. The Bertz CT molecular complexity index is 473. The van der Waals surface area contributed by atoms with Crippen LogP contribution in [0.3, 0.4) is 0 Å². The number of aliphatic hydroxyl groups excluding tert-OH is 1. The van der Waals surface area contributed by atoms with E-state index in [0.717, 1.165) is 5.69 Å². The lowest BCUT2D eigenvalue weighted by molar-refractivity contribution is 0.107. The molecule has 1 aromatic carbocycles. The molecule has 2 aromatic rings. The summed E-state index contributed by atoms with van der Waals surface area (Å²) in [5.41, 5.74) is 0.852. The summed E-state index contributed by atoms with van der Waals surface area (Å²) in [5.74, 6) is 0.694. The quantitative estimate of drug-likeness (QED) is 0.902. The Labute approximate surface area is 111 Å². The monoisotopic (exact) mass is 263 g/mol. The average molecular weight is 264 g/mol. The van der Waals surface area contributed by atoms with Gasteiger partial charge in [0.2, 0.25) is 0 Å². The van der Waals surface area contributed by atoms with Gasteiger partial charge in [-0.15, -0.1) is 0 Å². The van der Waals surface area contributed by atoms with E-state index in [0.29, 0.717) is 17.2 Å². The molecule has 1 heterocycles. The van der Waals surface area contributed by atoms with Gasteiger partial charge < -0.3 is 9.84 Å². The summed E-state index contributed by atoms with van der Waals surface area (Å²) in [6.45, 7) is 0.234. The maximum absolute atomic E-state index is 9.83. The topological polar surface area (TPSA) is 42.4 Å². The molecule has 0 aliphatic heterocycles. The van der Waals surface area contributed by atoms with Gasteiger partial charge in [-0.2, -0.15) is 0 Å². The van der Waals surface area contributed by atoms with Gasteiger partial charge in [0.15, 0.2) is 0 Å². The van der Waals surface area contributed by atoms with Gasteiger partial charge in [0.05, 0.1) is 6.10 Å². The number of hydrogen-bond donors (Lipinski definition) is 1. The van der Waals surface area contributed by atoms with Crippen LogP contribution < -0.4 is 4.74 Å². The maximum Gasteiger partial charge on any atom is 0.119 e. The highest BCUT2D eigenvalue weighted by Crippen LogP contribution is 2.15. The summed E-state index contributed by atoms with van der Waals surface area (Å²) in [4.78, 5) is 4.15. The summed E-state index contributed by atoms with van der Waals surface area (Å²) in [6.07, 6.45) is 1.62. The van der Waals surface area contributed by atoms with Crippen LogP contribution in [0.5, 0.6) is 5.75 Å². The van der Waals surface area contributed by atoms with E-state index in [1.807, 2.05) is 18.2 Å². The highest BCUT2D eigenvalue weighted by atomic mass is 35.5. The van der Waals surface area contributed by atoms with Crippen LogP contribution in [0.1, 0.15) is 5.69 Å². The van der Waals surface area contributed by atoms with Crippen LogP contribution in [0.15, 0.2) is 48.7 Å². The van der Waals surface area contributed by atoms with E-state index in [2.05, 4.69) is 4.98 Å². The van der Waals surface area contributed by atoms with Crippen LogP contribution in [0.25, 0.3) is 0 Å². The lowest BCUT2D eigenvalue weighted by Gasteiger charge is -2.11. The molecule has 0 saturated heterocycles. The first-order valence-electron chi connectivity index (χ1n) is 5.70. The lowest BCUT2D eigenvalue weighted by Crippen LogP contribution is -2.20. The standard InChI is InChI=1S/C14H14ClNO2/c15-11-4-6-14(7-5-11)18-10-13(17)9-12-3-1-2-8-16-12/h1-8,13,17H,9-10H2. The first kappa shape index (κ1) is 12.9. The molecule has 1 atom stereocenters. The zero-order valence-corrected chi connectivity index (χ0v) is 10.5. The number of aliphatic hydroxyl groups is 1. The van der Waals surface area contributed by atoms with Gasteiger partial charge in [0.25, 0.3) is 0 Å². The molecule has 0 saturated carbocycles. The van der Waals surface area contributed by atoms with Crippen LogP contribution in [0, 0.1) is 0 Å². The number of nitrogens with zero attached hydrogens (tertiary/aromatic N) is 1. The van der Waals surface area contributed by atoms with Crippen molar-refractivity contribution in [3.63, 3.8) is 0 Å². The predicted molar refractivity (Wildman–Crippen MR) is 70.9 cm³/mol. The number of halogens is 1. The van der Waals surface area contributed by atoms with Crippen molar-refractivity contribution in [2.75, 3.05) is 6.61 Å². The summed E-state index contributed by atoms with van der Waals surface area (Å²) in [6, 6.07) is 12.7. The molecule has 2 rings (SSSR count). The Morgan fingerprint density at radius 2 is 1.94 bits per heavy atom. The summed E-state index contributed by atoms with van der Waals surface area (Å²) >= 11 is 5.77. The molecular weight excluding hydrogens is 250 g/mol. The minimum Gasteiger partial charge on any atom is -0.491 e. The van der Waals surface area contributed by atoms with Gasteiger partial charge in [-0.3, -0.25) is 4.98 Å². The molecular formula is C14H14ClNO2. The summed E-state index contributed by atoms with van der Waals surface area (Å²) in [7, 11) is 0. The third kappa shape index (κ3) is 4.02. The van der Waals surface area contributed by atoms with E-state index in [1.165, 1.54) is 0 Å². The van der Waals surface area contributed by atoms with Crippen molar-refractivity contribution < 1.29 is 9.84 Å². The third-order valence-corrected chi connectivity index (χ3v) is 2.68. The van der Waals surface area contributed by atoms with Gasteiger partial charge in [0.1, 0.15) is 12.4 Å². The van der Waals surface area contributed by atoms with Gasteiger partial charge in [0, 0.05) is 23.3 Å². The largest absolute Gasteiger partial charge is 0.491 e. The highest BCUT2D eigenvalue weighted by Gasteiger charge is 2.07. The van der Waals surface area contributed by atoms with Crippen LogP contribution >= 0.6 is 11.6 Å². The van der Waals surface area contributed by atoms with E-state index in [9.17, 15) is 5.11 Å². The zero-order valence-electron chi connectivity index (χ0n) is 9.79. The number of aromatic nitrogens is 1. The third-order valence-electron chi connectivity index (χ3n) is 2.43. The van der Waals surface area contributed by atoms with Crippen molar-refractivity contribution in [3.8, 4) is 5.75 Å². The second-order valence-corrected chi connectivity index (χ2v) is 4.38. The van der Waals surface area contributed by atoms with Crippen LogP contribution in [0.4, 0.5) is 0 Å². The second-order valence-electron chi connectivity index (χ2n) is 3.94. The lowest BCUT2D eigenvalue weighted by atomic mass is 10.2. The Morgan fingerprint density at radius 1 is 1.17 bits per heavy atom. The first-order chi connectivity index (χ1) is 8.74. The van der Waals surface area contributed by atoms with E-state index in [1.54, 1.807) is 30.5 Å². The van der Waals surface area contributed by atoms with Crippen molar-refractivity contribution >= 4 is 11.6 Å². The van der Waals surface area contributed by atoms with Crippen molar-refractivity contribution in [1.29, 1.82) is 0 Å². The summed E-state index contributed by atoms with van der Waals surface area (Å²) < 4.78 is 5.46. The van der Waals surface area contributed by atoms with Crippen LogP contribution in [-0.4, -0.2) is 22.8 Å². The number of hydrogen-bond acceptors (Lipinski definition) is 3. The smallest absolute Gasteiger partial charge is 0.119 e. The minimum absolute atomic E-state index is 0.234. The fourth-order valence-corrected chi connectivity index (χ4v) is 1.67. The Kier molecular flexibility index (Phi) is 4.56. The van der Waals surface area contributed by atoms with E-state index >= 15 is 0 Å². The summed E-state index contributed by atoms with van der Waals surface area (Å²) in [5, 5.41) is 10.5. The molecule has 1 unspecified atom stereocenters. The van der Waals surface area contributed by atoms with Crippen LogP contribution in [-0.2, 0) is 6.42 Å². The van der Waals surface area contributed by atoms with E-state index in [4.69, 9.17) is 16.3 Å². The van der Waals surface area contributed by atoms with Gasteiger partial charge in [-0.25, -0.2) is 0 Å². The molecule has 0 bridgehead atoms. The molecule has 4 heteroatoms. The molecule has 0 aliphatic carbocycles. The van der Waals surface area contributed by atoms with Crippen molar-refractivity contribution in [1.82, 2.24) is 4.98 Å². The molecule has 0 aliphatic rings. The van der Waals surface area contributed by atoms with Gasteiger partial charge >= 0.3 is 0 Å². The molecule has 0 fully saturated rings. The van der Waals surface area contributed by atoms with E-state index in [-0.39, 0.29) is 6.61 Å². The van der Waals surface area contributed by atoms with Gasteiger partial charge in [-0.05, 0) is 36.4 Å². The average Bonchev–Trinajstić information content (AvgIpc) is 2.39. The Morgan fingerprint density at radius 3 is 2.61 bits per heavy atom. The van der Waals surface area contributed by atoms with Crippen molar-refractivity contribution in [3.05, 3.63) is 59.4 Å². The van der Waals surface area contributed by atoms with Crippen LogP contribution in [0.2, 0.25) is 5.02 Å². The van der Waals surface area contributed by atoms with Crippen molar-refractivity contribution in [2.45, 2.75) is 12.5 Å². The fraction of sp³-hybridized carbons (Fsp3) is 0.214.